The van der Waals surface area contributed by atoms with Crippen LogP contribution in [-0.4, -0.2) is 96.7 Å². The quantitative estimate of drug-likeness (QED) is 0.0222. The van der Waals surface area contributed by atoms with Crippen LogP contribution >= 0.6 is 15.6 Å². The van der Waals surface area contributed by atoms with E-state index < -0.39 is 97.5 Å². The van der Waals surface area contributed by atoms with Crippen LogP contribution in [0.5, 0.6) is 0 Å². The molecule has 0 aromatic heterocycles. The SMILES string of the molecule is CCC(C)CCCCCCCCC(=O)OC[C@H](COP(=O)(O)OC[C@@H](O)COP(=O)(O)OC[C@@H](COC(=O)CCCCCCCCC(C)CC)OC(=O)CCCCCCCCCCCCC(C)C)OC(=O)CCCCCCCCCCCCCCCCCC(C)C. The topological polar surface area (TPSA) is 237 Å². The van der Waals surface area contributed by atoms with Gasteiger partial charge in [-0.1, -0.05) is 306 Å². The molecule has 0 bridgehead atoms. The molecule has 0 heterocycles. The lowest BCUT2D eigenvalue weighted by Gasteiger charge is -2.21. The number of carbonyl (C=O) groups is 4. The predicted molar refractivity (Wildman–Crippen MR) is 367 cm³/mol. The molecule has 0 rings (SSSR count). The number of hydrogen-bond donors (Lipinski definition) is 3. The van der Waals surface area contributed by atoms with Gasteiger partial charge in [0.2, 0.25) is 0 Å². The van der Waals surface area contributed by atoms with Gasteiger partial charge in [0.15, 0.2) is 12.2 Å². The minimum absolute atomic E-state index is 0.104. The molecular weight excluding hydrogens is 1200 g/mol. The first-order valence-corrected chi connectivity index (χ1v) is 40.3. The molecule has 0 spiro atoms. The van der Waals surface area contributed by atoms with Crippen molar-refractivity contribution in [2.24, 2.45) is 23.7 Å². The Balaban J connectivity index is 5.23. The van der Waals surface area contributed by atoms with Crippen LogP contribution in [0.15, 0.2) is 0 Å². The summed E-state index contributed by atoms with van der Waals surface area (Å²) >= 11 is 0. The molecule has 7 atom stereocenters. The van der Waals surface area contributed by atoms with Gasteiger partial charge in [0.05, 0.1) is 26.4 Å². The van der Waals surface area contributed by atoms with Gasteiger partial charge < -0.3 is 33.8 Å². The number of rotatable bonds is 69. The number of carbonyl (C=O) groups excluding carboxylic acids is 4. The van der Waals surface area contributed by atoms with Crippen molar-refractivity contribution in [3.63, 3.8) is 0 Å². The maximum absolute atomic E-state index is 13.0. The van der Waals surface area contributed by atoms with Crippen molar-refractivity contribution in [1.82, 2.24) is 0 Å². The van der Waals surface area contributed by atoms with Crippen LogP contribution in [-0.2, 0) is 65.4 Å². The average molecular weight is 1340 g/mol. The molecule has 0 aliphatic heterocycles. The van der Waals surface area contributed by atoms with Crippen molar-refractivity contribution in [3.8, 4) is 0 Å². The van der Waals surface area contributed by atoms with E-state index in [4.69, 9.17) is 37.0 Å². The zero-order valence-corrected chi connectivity index (χ0v) is 61.3. The molecule has 19 heteroatoms. The molecule has 0 aliphatic rings. The number of phosphoric ester groups is 2. The van der Waals surface area contributed by atoms with Crippen molar-refractivity contribution in [1.29, 1.82) is 0 Å². The van der Waals surface area contributed by atoms with Gasteiger partial charge in [-0.3, -0.25) is 37.3 Å². The van der Waals surface area contributed by atoms with Gasteiger partial charge in [-0.2, -0.15) is 0 Å². The second-order valence-electron chi connectivity index (χ2n) is 27.4. The number of hydrogen-bond acceptors (Lipinski definition) is 15. The summed E-state index contributed by atoms with van der Waals surface area (Å²) in [5, 5.41) is 10.6. The van der Waals surface area contributed by atoms with Crippen LogP contribution in [0.25, 0.3) is 0 Å². The van der Waals surface area contributed by atoms with Gasteiger partial charge >= 0.3 is 39.5 Å². The fourth-order valence-electron chi connectivity index (χ4n) is 10.8. The number of aliphatic hydroxyl groups excluding tert-OH is 1. The summed E-state index contributed by atoms with van der Waals surface area (Å²) in [6.45, 7) is 14.1. The molecular formula is C72H140O17P2. The highest BCUT2D eigenvalue weighted by molar-refractivity contribution is 7.47. The first-order chi connectivity index (χ1) is 43.7. The van der Waals surface area contributed by atoms with Crippen LogP contribution in [0, 0.1) is 23.7 Å². The van der Waals surface area contributed by atoms with Gasteiger partial charge in [-0.25, -0.2) is 9.13 Å². The minimum Gasteiger partial charge on any atom is -0.462 e. The molecule has 0 aromatic carbocycles. The maximum Gasteiger partial charge on any atom is 0.472 e. The van der Waals surface area contributed by atoms with Gasteiger partial charge in [0, 0.05) is 25.7 Å². The normalized spacial score (nSPS) is 14.8. The van der Waals surface area contributed by atoms with Gasteiger partial charge in [0.25, 0.3) is 0 Å². The maximum atomic E-state index is 13.0. The Bertz CT molecular complexity index is 1800. The highest BCUT2D eigenvalue weighted by atomic mass is 31.2. The average Bonchev–Trinajstić information content (AvgIpc) is 3.55. The van der Waals surface area contributed by atoms with Crippen molar-refractivity contribution >= 4 is 39.5 Å². The Morgan fingerprint density at radius 1 is 0.308 bits per heavy atom. The second-order valence-corrected chi connectivity index (χ2v) is 30.3. The van der Waals surface area contributed by atoms with Gasteiger partial charge in [-0.15, -0.1) is 0 Å². The third-order valence-electron chi connectivity index (χ3n) is 17.3. The van der Waals surface area contributed by atoms with Gasteiger partial charge in [0.1, 0.15) is 19.3 Å². The Hall–Kier alpha value is -1.94. The highest BCUT2D eigenvalue weighted by Crippen LogP contribution is 2.45. The summed E-state index contributed by atoms with van der Waals surface area (Å²) in [7, 11) is -9.91. The Morgan fingerprint density at radius 3 is 0.780 bits per heavy atom. The van der Waals surface area contributed by atoms with Crippen molar-refractivity contribution < 1.29 is 80.2 Å². The van der Waals surface area contributed by atoms with E-state index in [1.165, 1.54) is 148 Å². The zero-order valence-electron chi connectivity index (χ0n) is 59.5. The van der Waals surface area contributed by atoms with E-state index >= 15 is 0 Å². The van der Waals surface area contributed by atoms with E-state index in [-0.39, 0.29) is 25.7 Å². The van der Waals surface area contributed by atoms with E-state index in [2.05, 4.69) is 55.4 Å². The van der Waals surface area contributed by atoms with Crippen LogP contribution in [0.3, 0.4) is 0 Å². The van der Waals surface area contributed by atoms with Crippen LogP contribution < -0.4 is 0 Å². The molecule has 0 radical (unpaired) electrons. The predicted octanol–water partition coefficient (Wildman–Crippen LogP) is 20.5. The lowest BCUT2D eigenvalue weighted by molar-refractivity contribution is -0.161. The lowest BCUT2D eigenvalue weighted by atomic mass is 10.00. The Morgan fingerprint density at radius 2 is 0.527 bits per heavy atom. The van der Waals surface area contributed by atoms with E-state index in [9.17, 15) is 43.2 Å². The molecule has 0 aromatic rings. The number of aliphatic hydroxyl groups is 1. The minimum atomic E-state index is -4.95. The zero-order chi connectivity index (χ0) is 67.5. The highest BCUT2D eigenvalue weighted by Gasteiger charge is 2.30. The monoisotopic (exact) mass is 1340 g/mol. The number of phosphoric acid groups is 2. The van der Waals surface area contributed by atoms with E-state index in [1.54, 1.807) is 0 Å². The molecule has 0 aliphatic carbocycles. The van der Waals surface area contributed by atoms with E-state index in [0.717, 1.165) is 126 Å². The van der Waals surface area contributed by atoms with E-state index in [0.29, 0.717) is 25.7 Å². The summed E-state index contributed by atoms with van der Waals surface area (Å²) in [5.41, 5.74) is 0. The van der Waals surface area contributed by atoms with Gasteiger partial charge in [-0.05, 0) is 49.4 Å². The Kier molecular flexibility index (Phi) is 60.3. The van der Waals surface area contributed by atoms with Crippen LogP contribution in [0.1, 0.15) is 357 Å². The number of esters is 4. The molecule has 540 valence electrons. The summed E-state index contributed by atoms with van der Waals surface area (Å²) < 4.78 is 68.3. The van der Waals surface area contributed by atoms with Crippen LogP contribution in [0.2, 0.25) is 0 Å². The second kappa shape index (κ2) is 61.6. The third kappa shape index (κ3) is 63.9. The summed E-state index contributed by atoms with van der Waals surface area (Å²) in [6.07, 6.45) is 44.5. The van der Waals surface area contributed by atoms with Crippen molar-refractivity contribution in [3.05, 3.63) is 0 Å². The van der Waals surface area contributed by atoms with Crippen molar-refractivity contribution in [2.45, 2.75) is 375 Å². The molecule has 4 unspecified atom stereocenters. The molecule has 0 fully saturated rings. The Labute approximate surface area is 556 Å². The standard InChI is InChI=1S/C72H140O17P2/c1-9-64(7)50-42-34-28-30-36-44-52-69(74)82-58-67(88-71(76)54-46-38-26-22-17-15-13-11-12-14-16-20-24-32-40-48-62(3)4)60-86-90(78,79)84-56-66(73)57-85-91(80,81)87-61-68(59-83-70(75)53-45-37-31-29-35-43-51-65(8)10-2)89-72(77)55-47-39-27-23-19-18-21-25-33-41-49-63(5)6/h62-68,73H,9-61H2,1-8H3,(H,78,79)(H,80,81)/t64?,65?,66-,67-,68-/m1/s1. The van der Waals surface area contributed by atoms with Crippen molar-refractivity contribution in [2.75, 3.05) is 39.6 Å². The molecule has 91 heavy (non-hydrogen) atoms. The molecule has 0 saturated heterocycles. The number of unbranched alkanes of at least 4 members (excludes halogenated alkanes) is 33. The number of ether oxygens (including phenoxy) is 4. The molecule has 3 N–H and O–H groups in total. The first kappa shape index (κ1) is 89.1. The first-order valence-electron chi connectivity index (χ1n) is 37.3. The summed E-state index contributed by atoms with van der Waals surface area (Å²) in [5.74, 6) is 0.888. The van der Waals surface area contributed by atoms with E-state index in [1.807, 2.05) is 0 Å². The smallest absolute Gasteiger partial charge is 0.462 e. The third-order valence-corrected chi connectivity index (χ3v) is 19.2. The van der Waals surface area contributed by atoms with Crippen LogP contribution in [0.4, 0.5) is 0 Å². The molecule has 17 nitrogen and oxygen atoms in total. The fourth-order valence-corrected chi connectivity index (χ4v) is 12.4. The summed E-state index contributed by atoms with van der Waals surface area (Å²) in [6, 6.07) is 0. The lowest BCUT2D eigenvalue weighted by Crippen LogP contribution is -2.30. The largest absolute Gasteiger partial charge is 0.472 e. The molecule has 0 amide bonds. The summed E-state index contributed by atoms with van der Waals surface area (Å²) in [4.78, 5) is 72.6. The fraction of sp³-hybridized carbons (Fsp3) is 0.944. The molecule has 0 saturated carbocycles.